The van der Waals surface area contributed by atoms with E-state index in [0.717, 1.165) is 17.4 Å². The third-order valence-corrected chi connectivity index (χ3v) is 7.76. The molecule has 7 heteroatoms. The summed E-state index contributed by atoms with van der Waals surface area (Å²) in [6.07, 6.45) is 1.79. The first-order valence-corrected chi connectivity index (χ1v) is 13.9. The fourth-order valence-corrected chi connectivity index (χ4v) is 5.71. The van der Waals surface area contributed by atoms with Crippen LogP contribution in [0.1, 0.15) is 47.7 Å². The molecule has 4 rings (SSSR count). The summed E-state index contributed by atoms with van der Waals surface area (Å²) >= 11 is 0. The fraction of sp³-hybridized carbons (Fsp3) is 0.233. The summed E-state index contributed by atoms with van der Waals surface area (Å²) < 4.78 is 35.7. The zero-order chi connectivity index (χ0) is 26.3. The van der Waals surface area contributed by atoms with Gasteiger partial charge in [0.2, 0.25) is 10.0 Å². The van der Waals surface area contributed by atoms with Crippen molar-refractivity contribution >= 4 is 26.6 Å². The molecule has 6 nitrogen and oxygen atoms in total. The molecule has 2 N–H and O–H groups in total. The number of carbonyl (C=O) groups excluding carboxylic acids is 1. The summed E-state index contributed by atoms with van der Waals surface area (Å²) in [5.74, 6) is -0.0486. The highest BCUT2D eigenvalue weighted by Gasteiger charge is 2.29. The van der Waals surface area contributed by atoms with Crippen LogP contribution < -0.4 is 9.46 Å². The number of nitrogens with one attached hydrogen (secondary N) is 1. The van der Waals surface area contributed by atoms with Crippen molar-refractivity contribution in [2.75, 3.05) is 0 Å². The summed E-state index contributed by atoms with van der Waals surface area (Å²) in [5.41, 5.74) is 1.72. The van der Waals surface area contributed by atoms with Crippen molar-refractivity contribution < 1.29 is 23.1 Å². The molecule has 192 valence electrons. The van der Waals surface area contributed by atoms with Crippen LogP contribution in [0.25, 0.3) is 10.8 Å². The van der Waals surface area contributed by atoms with Crippen LogP contribution in [0.4, 0.5) is 0 Å². The summed E-state index contributed by atoms with van der Waals surface area (Å²) in [6, 6.07) is 25.8. The SMILES string of the molecule is CCCCC(NS(=O)(=O)c1cccc2ccccc12)C(=O)c1cc(CO)ccc1OCc1ccccc1. The van der Waals surface area contributed by atoms with Gasteiger partial charge < -0.3 is 9.84 Å². The summed E-state index contributed by atoms with van der Waals surface area (Å²) in [4.78, 5) is 14.0. The van der Waals surface area contributed by atoms with E-state index < -0.39 is 21.8 Å². The van der Waals surface area contributed by atoms with Gasteiger partial charge >= 0.3 is 0 Å². The van der Waals surface area contributed by atoms with E-state index in [1.54, 1.807) is 42.5 Å². The Labute approximate surface area is 218 Å². The molecule has 4 aromatic carbocycles. The summed E-state index contributed by atoms with van der Waals surface area (Å²) in [5, 5.41) is 11.1. The Hall–Kier alpha value is -3.52. The van der Waals surface area contributed by atoms with E-state index in [4.69, 9.17) is 4.74 Å². The molecule has 0 aliphatic rings. The van der Waals surface area contributed by atoms with Crippen LogP contribution in [0, 0.1) is 0 Å². The Kier molecular flexibility index (Phi) is 8.71. The van der Waals surface area contributed by atoms with Gasteiger partial charge in [0.05, 0.1) is 23.1 Å². The van der Waals surface area contributed by atoms with Crippen molar-refractivity contribution in [1.29, 1.82) is 0 Å². The van der Waals surface area contributed by atoms with E-state index in [1.807, 2.05) is 55.5 Å². The number of Topliss-reactive ketones (excluding diaryl/α,β-unsaturated/α-hetero) is 1. The minimum atomic E-state index is -4.01. The van der Waals surface area contributed by atoms with Crippen molar-refractivity contribution in [1.82, 2.24) is 4.72 Å². The number of aliphatic hydroxyl groups excluding tert-OH is 1. The Morgan fingerprint density at radius 1 is 0.919 bits per heavy atom. The molecule has 0 amide bonds. The minimum Gasteiger partial charge on any atom is -0.488 e. The lowest BCUT2D eigenvalue weighted by atomic mass is 9.98. The first kappa shape index (κ1) is 26.5. The molecule has 0 saturated carbocycles. The molecule has 1 atom stereocenters. The van der Waals surface area contributed by atoms with Crippen LogP contribution >= 0.6 is 0 Å². The number of ether oxygens (including phenoxy) is 1. The van der Waals surface area contributed by atoms with Crippen molar-refractivity contribution in [3.8, 4) is 5.75 Å². The van der Waals surface area contributed by atoms with E-state index in [0.29, 0.717) is 29.5 Å². The van der Waals surface area contributed by atoms with E-state index in [9.17, 15) is 18.3 Å². The summed E-state index contributed by atoms with van der Waals surface area (Å²) in [7, 11) is -4.01. The van der Waals surface area contributed by atoms with Gasteiger partial charge in [-0.15, -0.1) is 0 Å². The molecule has 0 radical (unpaired) electrons. The number of hydrogen-bond donors (Lipinski definition) is 2. The number of aliphatic hydroxyl groups is 1. The van der Waals surface area contributed by atoms with Gasteiger partial charge in [0.25, 0.3) is 0 Å². The topological polar surface area (TPSA) is 92.7 Å². The van der Waals surface area contributed by atoms with E-state index in [2.05, 4.69) is 4.72 Å². The maximum Gasteiger partial charge on any atom is 0.241 e. The second-order valence-corrected chi connectivity index (χ2v) is 10.6. The lowest BCUT2D eigenvalue weighted by Gasteiger charge is -2.20. The largest absolute Gasteiger partial charge is 0.488 e. The highest BCUT2D eigenvalue weighted by Crippen LogP contribution is 2.27. The predicted molar refractivity (Wildman–Crippen MR) is 145 cm³/mol. The number of benzene rings is 4. The maximum absolute atomic E-state index is 13.8. The van der Waals surface area contributed by atoms with Gasteiger partial charge in [-0.3, -0.25) is 4.79 Å². The zero-order valence-electron chi connectivity index (χ0n) is 20.8. The smallest absolute Gasteiger partial charge is 0.241 e. The average Bonchev–Trinajstić information content (AvgIpc) is 2.93. The molecule has 0 aliphatic carbocycles. The second kappa shape index (κ2) is 12.1. The molecule has 0 aromatic heterocycles. The molecule has 0 bridgehead atoms. The Bertz CT molecular complexity index is 1460. The molecule has 0 fully saturated rings. The number of unbranched alkanes of at least 4 members (excludes halogenated alkanes) is 1. The lowest BCUT2D eigenvalue weighted by molar-refractivity contribution is 0.0943. The molecule has 0 aliphatic heterocycles. The van der Waals surface area contributed by atoms with Gasteiger partial charge in [0, 0.05) is 5.39 Å². The third kappa shape index (κ3) is 6.43. The number of fused-ring (bicyclic) bond motifs is 1. The highest BCUT2D eigenvalue weighted by molar-refractivity contribution is 7.89. The molecular formula is C30H31NO5S. The van der Waals surface area contributed by atoms with Crippen LogP contribution in [0.15, 0.2) is 95.9 Å². The van der Waals surface area contributed by atoms with E-state index in [1.165, 1.54) is 0 Å². The average molecular weight is 518 g/mol. The molecular weight excluding hydrogens is 486 g/mol. The molecule has 0 saturated heterocycles. The van der Waals surface area contributed by atoms with Crippen molar-refractivity contribution in [2.45, 2.75) is 50.3 Å². The molecule has 37 heavy (non-hydrogen) atoms. The van der Waals surface area contributed by atoms with Gasteiger partial charge in [-0.2, -0.15) is 0 Å². The highest BCUT2D eigenvalue weighted by atomic mass is 32.2. The quantitative estimate of drug-likeness (QED) is 0.238. The number of rotatable bonds is 12. The molecule has 4 aromatic rings. The van der Waals surface area contributed by atoms with Crippen LogP contribution in [-0.4, -0.2) is 25.3 Å². The van der Waals surface area contributed by atoms with Crippen LogP contribution in [0.5, 0.6) is 5.75 Å². The lowest BCUT2D eigenvalue weighted by Crippen LogP contribution is -2.41. The predicted octanol–water partition coefficient (Wildman–Crippen LogP) is 5.63. The Morgan fingerprint density at radius 3 is 2.41 bits per heavy atom. The standard InChI is InChI=1S/C30H31NO5S/c1-2-3-15-27(31-37(34,35)29-16-9-13-24-12-7-8-14-25(24)29)30(33)26-19-23(20-32)17-18-28(26)36-21-22-10-5-4-6-11-22/h4-14,16-19,27,31-32H,2-3,15,20-21H2,1H3. The number of hydrogen-bond acceptors (Lipinski definition) is 5. The van der Waals surface area contributed by atoms with Gasteiger partial charge in [0.1, 0.15) is 12.4 Å². The second-order valence-electron chi connectivity index (χ2n) is 8.92. The van der Waals surface area contributed by atoms with Crippen molar-refractivity contribution in [3.63, 3.8) is 0 Å². The van der Waals surface area contributed by atoms with Gasteiger partial charge in [-0.25, -0.2) is 13.1 Å². The zero-order valence-corrected chi connectivity index (χ0v) is 21.6. The third-order valence-electron chi connectivity index (χ3n) is 6.23. The number of carbonyl (C=O) groups is 1. The number of ketones is 1. The first-order valence-electron chi connectivity index (χ1n) is 12.4. The fourth-order valence-electron chi connectivity index (χ4n) is 4.25. The maximum atomic E-state index is 13.8. The van der Waals surface area contributed by atoms with E-state index in [-0.39, 0.29) is 23.7 Å². The van der Waals surface area contributed by atoms with Gasteiger partial charge in [-0.1, -0.05) is 92.6 Å². The van der Waals surface area contributed by atoms with Crippen molar-refractivity contribution in [2.24, 2.45) is 0 Å². The van der Waals surface area contributed by atoms with Crippen molar-refractivity contribution in [3.05, 3.63) is 108 Å². The van der Waals surface area contributed by atoms with Crippen LogP contribution in [0.2, 0.25) is 0 Å². The molecule has 1 unspecified atom stereocenters. The summed E-state index contributed by atoms with van der Waals surface area (Å²) in [6.45, 7) is 1.99. The Morgan fingerprint density at radius 2 is 1.65 bits per heavy atom. The normalized spacial score (nSPS) is 12.4. The first-order chi connectivity index (χ1) is 17.9. The minimum absolute atomic E-state index is 0.129. The van der Waals surface area contributed by atoms with Gasteiger partial charge in [-0.05, 0) is 41.1 Å². The Balaban J connectivity index is 1.67. The van der Waals surface area contributed by atoms with Crippen LogP contribution in [0.3, 0.4) is 0 Å². The monoisotopic (exact) mass is 517 g/mol. The van der Waals surface area contributed by atoms with Gasteiger partial charge in [0.15, 0.2) is 5.78 Å². The molecule has 0 spiro atoms. The number of sulfonamides is 1. The van der Waals surface area contributed by atoms with E-state index >= 15 is 0 Å². The molecule has 0 heterocycles. The van der Waals surface area contributed by atoms with Crippen LogP contribution in [-0.2, 0) is 23.2 Å².